The zero-order valence-electron chi connectivity index (χ0n) is 17.2. The van der Waals surface area contributed by atoms with E-state index in [2.05, 4.69) is 30.5 Å². The molecular weight excluding hydrogens is 507 g/mol. The second-order valence-corrected chi connectivity index (χ2v) is 7.93. The molecule has 0 atom stereocenters. The molecule has 3 N–H and O–H groups in total. The number of aliphatic imine (C=N–C) groups is 1. The van der Waals surface area contributed by atoms with Gasteiger partial charge < -0.3 is 11.1 Å². The SMILES string of the molecule is N#Cc1ncc(N=C(C(=CN)C(=O)Nc2cnc(-n3nccn3)c(Cl)c2)C(F)(F)F)c2ccsc12. The van der Waals surface area contributed by atoms with Gasteiger partial charge >= 0.3 is 6.18 Å². The quantitative estimate of drug-likeness (QED) is 0.301. The molecule has 0 fully saturated rings. The number of hydrogen-bond acceptors (Lipinski definition) is 9. The monoisotopic (exact) mass is 517 g/mol. The van der Waals surface area contributed by atoms with Crippen molar-refractivity contribution in [2.24, 2.45) is 10.7 Å². The number of hydrogen-bond donors (Lipinski definition) is 2. The molecule has 0 saturated heterocycles. The number of thiophene rings is 1. The van der Waals surface area contributed by atoms with E-state index in [4.69, 9.17) is 22.6 Å². The summed E-state index contributed by atoms with van der Waals surface area (Å²) in [5.41, 5.74) is 2.79. The summed E-state index contributed by atoms with van der Waals surface area (Å²) in [6.07, 6.45) is 0.441. The summed E-state index contributed by atoms with van der Waals surface area (Å²) in [6.45, 7) is 0. The van der Waals surface area contributed by atoms with Crippen LogP contribution in [0.4, 0.5) is 24.5 Å². The number of carbonyl (C=O) groups is 1. The van der Waals surface area contributed by atoms with E-state index in [0.717, 1.165) is 22.3 Å². The van der Waals surface area contributed by atoms with Crippen LogP contribution in [-0.2, 0) is 4.79 Å². The Labute approximate surface area is 203 Å². The van der Waals surface area contributed by atoms with Gasteiger partial charge in [-0.05, 0) is 17.5 Å². The summed E-state index contributed by atoms with van der Waals surface area (Å²) < 4.78 is 42.2. The Hall–Kier alpha value is -4.35. The van der Waals surface area contributed by atoms with Crippen LogP contribution in [0.25, 0.3) is 15.9 Å². The van der Waals surface area contributed by atoms with Crippen molar-refractivity contribution in [1.29, 1.82) is 5.26 Å². The van der Waals surface area contributed by atoms with E-state index in [0.29, 0.717) is 10.9 Å². The second-order valence-electron chi connectivity index (χ2n) is 6.61. The average Bonchev–Trinajstić information content (AvgIpc) is 3.51. The van der Waals surface area contributed by atoms with Crippen LogP contribution in [0.5, 0.6) is 0 Å². The number of nitrogens with zero attached hydrogens (tertiary/aromatic N) is 7. The van der Waals surface area contributed by atoms with Crippen molar-refractivity contribution in [3.8, 4) is 11.9 Å². The van der Waals surface area contributed by atoms with E-state index in [1.807, 2.05) is 6.07 Å². The van der Waals surface area contributed by atoms with Crippen LogP contribution >= 0.6 is 22.9 Å². The van der Waals surface area contributed by atoms with Gasteiger partial charge in [-0.2, -0.15) is 28.6 Å². The minimum atomic E-state index is -5.05. The van der Waals surface area contributed by atoms with Crippen molar-refractivity contribution in [1.82, 2.24) is 25.0 Å². The van der Waals surface area contributed by atoms with Gasteiger partial charge in [-0.3, -0.25) is 4.79 Å². The van der Waals surface area contributed by atoms with Crippen molar-refractivity contribution in [3.63, 3.8) is 0 Å². The first-order chi connectivity index (χ1) is 16.7. The zero-order chi connectivity index (χ0) is 25.2. The van der Waals surface area contributed by atoms with Crippen molar-refractivity contribution < 1.29 is 18.0 Å². The highest BCUT2D eigenvalue weighted by atomic mass is 35.5. The molecular formula is C20H11ClF3N9OS. The highest BCUT2D eigenvalue weighted by Gasteiger charge is 2.41. The predicted molar refractivity (Wildman–Crippen MR) is 123 cm³/mol. The Balaban J connectivity index is 1.69. The second kappa shape index (κ2) is 9.49. The molecule has 0 spiro atoms. The largest absolute Gasteiger partial charge is 0.434 e. The molecule has 10 nitrogen and oxygen atoms in total. The van der Waals surface area contributed by atoms with Gasteiger partial charge in [-0.15, -0.1) is 16.1 Å². The maximum absolute atomic E-state index is 14.0. The number of anilines is 1. The number of nitriles is 1. The number of aromatic nitrogens is 5. The van der Waals surface area contributed by atoms with Gasteiger partial charge in [0.1, 0.15) is 6.07 Å². The van der Waals surface area contributed by atoms with Crippen LogP contribution < -0.4 is 11.1 Å². The zero-order valence-corrected chi connectivity index (χ0v) is 18.7. The summed E-state index contributed by atoms with van der Waals surface area (Å²) in [5, 5.41) is 21.1. The van der Waals surface area contributed by atoms with Gasteiger partial charge in [0.05, 0.1) is 51.5 Å². The van der Waals surface area contributed by atoms with E-state index < -0.39 is 23.4 Å². The summed E-state index contributed by atoms with van der Waals surface area (Å²) in [5.74, 6) is -1.05. The fourth-order valence-corrected chi connectivity index (χ4v) is 4.04. The van der Waals surface area contributed by atoms with E-state index in [9.17, 15) is 18.0 Å². The number of nitrogens with one attached hydrogen (secondary N) is 1. The van der Waals surface area contributed by atoms with Crippen LogP contribution in [0.3, 0.4) is 0 Å². The van der Waals surface area contributed by atoms with E-state index in [1.54, 1.807) is 5.38 Å². The molecule has 0 radical (unpaired) electrons. The first-order valence-electron chi connectivity index (χ1n) is 9.41. The maximum Gasteiger partial charge on any atom is 0.434 e. The molecule has 35 heavy (non-hydrogen) atoms. The fraction of sp³-hybridized carbons (Fsp3) is 0.0500. The van der Waals surface area contributed by atoms with Crippen LogP contribution in [0.15, 0.2) is 59.1 Å². The molecule has 4 heterocycles. The molecule has 4 rings (SSSR count). The Morgan fingerprint density at radius 1 is 1.29 bits per heavy atom. The molecule has 0 saturated carbocycles. The Morgan fingerprint density at radius 2 is 2.03 bits per heavy atom. The van der Waals surface area contributed by atoms with Gasteiger partial charge in [-0.25, -0.2) is 15.0 Å². The number of alkyl halides is 3. The number of fused-ring (bicyclic) bond motifs is 1. The molecule has 4 aromatic heterocycles. The number of pyridine rings is 2. The standard InChI is InChI=1S/C20H11ClF3N9OS/c21-13-5-10(8-28-18(13)33-29-2-3-30-33)31-19(34)12(6-25)17(20(22,23)24)32-15-9-27-14(7-26)16-11(15)1-4-35-16/h1-6,8-9H,25H2,(H,31,34). The third kappa shape index (κ3) is 4.81. The molecule has 0 aromatic carbocycles. The molecule has 0 aliphatic heterocycles. The van der Waals surface area contributed by atoms with Crippen molar-refractivity contribution in [3.05, 3.63) is 64.8 Å². The third-order valence-electron chi connectivity index (χ3n) is 4.43. The summed E-state index contributed by atoms with van der Waals surface area (Å²) in [4.78, 5) is 25.4. The first kappa shape index (κ1) is 23.8. The van der Waals surface area contributed by atoms with Crippen LogP contribution in [-0.4, -0.2) is 42.8 Å². The lowest BCUT2D eigenvalue weighted by molar-refractivity contribution is -0.113. The molecule has 4 aromatic rings. The minimum Gasteiger partial charge on any atom is -0.404 e. The van der Waals surface area contributed by atoms with Gasteiger partial charge in [-0.1, -0.05) is 11.6 Å². The molecule has 1 amide bonds. The minimum absolute atomic E-state index is 0.00274. The normalized spacial score (nSPS) is 12.5. The topological polar surface area (TPSA) is 148 Å². The smallest absolute Gasteiger partial charge is 0.404 e. The highest BCUT2D eigenvalue weighted by Crippen LogP contribution is 2.34. The molecule has 0 unspecified atom stereocenters. The summed E-state index contributed by atoms with van der Waals surface area (Å²) in [7, 11) is 0. The predicted octanol–water partition coefficient (Wildman–Crippen LogP) is 3.91. The lowest BCUT2D eigenvalue weighted by atomic mass is 10.1. The number of carbonyl (C=O) groups excluding carboxylic acids is 1. The van der Waals surface area contributed by atoms with Crippen molar-refractivity contribution >= 4 is 56.0 Å². The summed E-state index contributed by atoms with van der Waals surface area (Å²) >= 11 is 7.27. The molecule has 0 bridgehead atoms. The van der Waals surface area contributed by atoms with Gasteiger partial charge in [0.2, 0.25) is 0 Å². The average molecular weight is 518 g/mol. The highest BCUT2D eigenvalue weighted by molar-refractivity contribution is 7.17. The van der Waals surface area contributed by atoms with Crippen LogP contribution in [0.2, 0.25) is 5.02 Å². The molecule has 0 aliphatic rings. The van der Waals surface area contributed by atoms with Gasteiger partial charge in [0, 0.05) is 11.6 Å². The van der Waals surface area contributed by atoms with Gasteiger partial charge in [0.25, 0.3) is 5.91 Å². The maximum atomic E-state index is 14.0. The first-order valence-corrected chi connectivity index (χ1v) is 10.7. The van der Waals surface area contributed by atoms with Crippen molar-refractivity contribution in [2.75, 3.05) is 5.32 Å². The number of amides is 1. The molecule has 0 aliphatic carbocycles. The third-order valence-corrected chi connectivity index (χ3v) is 5.63. The van der Waals surface area contributed by atoms with Crippen LogP contribution in [0, 0.1) is 11.3 Å². The lowest BCUT2D eigenvalue weighted by Crippen LogP contribution is -2.32. The Morgan fingerprint density at radius 3 is 2.66 bits per heavy atom. The lowest BCUT2D eigenvalue weighted by Gasteiger charge is -2.14. The molecule has 15 heteroatoms. The number of nitrogens with two attached hydrogens (primary N) is 1. The van der Waals surface area contributed by atoms with Crippen molar-refractivity contribution in [2.45, 2.75) is 6.18 Å². The Bertz CT molecular complexity index is 1520. The van der Waals surface area contributed by atoms with Crippen LogP contribution in [0.1, 0.15) is 5.69 Å². The Kier molecular flexibility index (Phi) is 6.45. The van der Waals surface area contributed by atoms with E-state index >= 15 is 0 Å². The van der Waals surface area contributed by atoms with E-state index in [-0.39, 0.29) is 33.3 Å². The summed E-state index contributed by atoms with van der Waals surface area (Å²) in [6, 6.07) is 4.64. The van der Waals surface area contributed by atoms with Gasteiger partial charge in [0.15, 0.2) is 17.2 Å². The number of halogens is 4. The molecule has 176 valence electrons. The fourth-order valence-electron chi connectivity index (χ4n) is 2.95. The number of rotatable bonds is 5. The van der Waals surface area contributed by atoms with E-state index in [1.165, 1.54) is 30.7 Å².